The summed E-state index contributed by atoms with van der Waals surface area (Å²) in [5.74, 6) is 0. The zero-order valence-electron chi connectivity index (χ0n) is 8.43. The SMILES string of the molecule is CCCCCCC(Br)c1sccc1Cl. The number of unbranched alkanes of at least 4 members (excludes halogenated alkanes) is 3. The van der Waals surface area contributed by atoms with Gasteiger partial charge >= 0.3 is 0 Å². The summed E-state index contributed by atoms with van der Waals surface area (Å²) < 4.78 is 0. The van der Waals surface area contributed by atoms with E-state index >= 15 is 0 Å². The Morgan fingerprint density at radius 3 is 2.79 bits per heavy atom. The van der Waals surface area contributed by atoms with Gasteiger partial charge in [0.05, 0.1) is 9.85 Å². The third-order valence-electron chi connectivity index (χ3n) is 2.24. The topological polar surface area (TPSA) is 0 Å². The number of thiophene rings is 1. The first-order valence-corrected chi connectivity index (χ1v) is 7.30. The zero-order chi connectivity index (χ0) is 10.4. The molecular formula is C11H16BrClS. The van der Waals surface area contributed by atoms with Crippen LogP contribution in [0.5, 0.6) is 0 Å². The fourth-order valence-corrected chi connectivity index (χ4v) is 3.64. The molecule has 0 aliphatic heterocycles. The van der Waals surface area contributed by atoms with Gasteiger partial charge in [-0.3, -0.25) is 0 Å². The second-order valence-electron chi connectivity index (χ2n) is 3.45. The summed E-state index contributed by atoms with van der Waals surface area (Å²) in [6, 6.07) is 1.97. The molecule has 0 amide bonds. The molecule has 1 heterocycles. The minimum Gasteiger partial charge on any atom is -0.146 e. The van der Waals surface area contributed by atoms with Crippen molar-refractivity contribution in [2.45, 2.75) is 43.9 Å². The van der Waals surface area contributed by atoms with Gasteiger partial charge in [0.2, 0.25) is 0 Å². The van der Waals surface area contributed by atoms with Gasteiger partial charge in [-0.15, -0.1) is 11.3 Å². The van der Waals surface area contributed by atoms with Gasteiger partial charge in [-0.05, 0) is 17.9 Å². The molecule has 0 aliphatic rings. The van der Waals surface area contributed by atoms with E-state index in [2.05, 4.69) is 28.2 Å². The molecule has 0 saturated carbocycles. The van der Waals surface area contributed by atoms with E-state index in [0.717, 1.165) is 5.02 Å². The Bertz CT molecular complexity index is 260. The lowest BCUT2D eigenvalue weighted by molar-refractivity contribution is 0.632. The first-order valence-electron chi connectivity index (χ1n) is 5.12. The fourth-order valence-electron chi connectivity index (χ4n) is 1.41. The summed E-state index contributed by atoms with van der Waals surface area (Å²) >= 11 is 11.5. The second-order valence-corrected chi connectivity index (χ2v) is 5.91. The highest BCUT2D eigenvalue weighted by atomic mass is 79.9. The Morgan fingerprint density at radius 1 is 1.43 bits per heavy atom. The Balaban J connectivity index is 2.28. The highest BCUT2D eigenvalue weighted by molar-refractivity contribution is 9.09. The third kappa shape index (κ3) is 3.92. The van der Waals surface area contributed by atoms with Crippen molar-refractivity contribution in [2.24, 2.45) is 0 Å². The largest absolute Gasteiger partial charge is 0.146 e. The molecule has 14 heavy (non-hydrogen) atoms. The van der Waals surface area contributed by atoms with Crippen molar-refractivity contribution in [1.82, 2.24) is 0 Å². The van der Waals surface area contributed by atoms with Crippen molar-refractivity contribution >= 4 is 38.9 Å². The Labute approximate surface area is 104 Å². The lowest BCUT2D eigenvalue weighted by Crippen LogP contribution is -1.87. The standard InChI is InChI=1S/C11H16BrClS/c1-2-3-4-5-6-9(12)11-10(13)7-8-14-11/h7-9H,2-6H2,1H3. The van der Waals surface area contributed by atoms with E-state index in [4.69, 9.17) is 11.6 Å². The first kappa shape index (κ1) is 12.5. The smallest absolute Gasteiger partial charge is 0.0556 e. The van der Waals surface area contributed by atoms with Crippen LogP contribution in [-0.4, -0.2) is 0 Å². The van der Waals surface area contributed by atoms with Crippen LogP contribution >= 0.6 is 38.9 Å². The summed E-state index contributed by atoms with van der Waals surface area (Å²) in [5.41, 5.74) is 0. The minimum atomic E-state index is 0.451. The van der Waals surface area contributed by atoms with Crippen LogP contribution in [0.15, 0.2) is 11.4 Å². The molecule has 0 bridgehead atoms. The molecule has 0 aromatic carbocycles. The van der Waals surface area contributed by atoms with Gasteiger partial charge < -0.3 is 0 Å². The highest BCUT2D eigenvalue weighted by Gasteiger charge is 2.11. The molecule has 1 aromatic heterocycles. The van der Waals surface area contributed by atoms with Gasteiger partial charge in [-0.1, -0.05) is 60.1 Å². The number of halogens is 2. The maximum Gasteiger partial charge on any atom is 0.0556 e. The first-order chi connectivity index (χ1) is 6.75. The molecular weight excluding hydrogens is 280 g/mol. The van der Waals surface area contributed by atoms with E-state index in [-0.39, 0.29) is 0 Å². The van der Waals surface area contributed by atoms with Gasteiger partial charge in [-0.2, -0.15) is 0 Å². The highest BCUT2D eigenvalue weighted by Crippen LogP contribution is 2.37. The summed E-state index contributed by atoms with van der Waals surface area (Å²) in [7, 11) is 0. The van der Waals surface area contributed by atoms with Crippen LogP contribution in [0.3, 0.4) is 0 Å². The Hall–Kier alpha value is 0.470. The van der Waals surface area contributed by atoms with Gasteiger partial charge in [0.15, 0.2) is 0 Å². The molecule has 0 N–H and O–H groups in total. The molecule has 3 heteroatoms. The van der Waals surface area contributed by atoms with Crippen molar-refractivity contribution in [3.63, 3.8) is 0 Å². The molecule has 0 fully saturated rings. The lowest BCUT2D eigenvalue weighted by atomic mass is 10.1. The Kier molecular flexibility index (Phi) is 6.15. The summed E-state index contributed by atoms with van der Waals surface area (Å²) in [5, 5.41) is 2.96. The average Bonchev–Trinajstić information content (AvgIpc) is 2.59. The summed E-state index contributed by atoms with van der Waals surface area (Å²) in [4.78, 5) is 1.73. The van der Waals surface area contributed by atoms with E-state index in [1.54, 1.807) is 11.3 Å². The molecule has 0 spiro atoms. The minimum absolute atomic E-state index is 0.451. The number of rotatable bonds is 6. The molecule has 1 rings (SSSR count). The van der Waals surface area contributed by atoms with Gasteiger partial charge in [0, 0.05) is 4.88 Å². The predicted molar refractivity (Wildman–Crippen MR) is 69.8 cm³/mol. The molecule has 0 radical (unpaired) electrons. The summed E-state index contributed by atoms with van der Waals surface area (Å²) in [6.45, 7) is 2.24. The molecule has 80 valence electrons. The van der Waals surface area contributed by atoms with E-state index in [1.165, 1.54) is 37.0 Å². The van der Waals surface area contributed by atoms with Crippen LogP contribution in [0.2, 0.25) is 5.02 Å². The van der Waals surface area contributed by atoms with Crippen molar-refractivity contribution < 1.29 is 0 Å². The molecule has 1 aromatic rings. The average molecular weight is 296 g/mol. The monoisotopic (exact) mass is 294 g/mol. The molecule has 0 saturated heterocycles. The number of hydrogen-bond donors (Lipinski definition) is 0. The molecule has 1 atom stereocenters. The maximum absolute atomic E-state index is 6.06. The van der Waals surface area contributed by atoms with Gasteiger partial charge in [0.1, 0.15) is 0 Å². The van der Waals surface area contributed by atoms with Crippen LogP contribution in [0.1, 0.15) is 48.7 Å². The third-order valence-corrected chi connectivity index (χ3v) is 4.93. The van der Waals surface area contributed by atoms with E-state index in [1.807, 2.05) is 6.07 Å². The lowest BCUT2D eigenvalue weighted by Gasteiger charge is -2.07. The molecule has 1 unspecified atom stereocenters. The Morgan fingerprint density at radius 2 is 2.21 bits per heavy atom. The van der Waals surface area contributed by atoms with Crippen LogP contribution in [0.4, 0.5) is 0 Å². The van der Waals surface area contributed by atoms with E-state index < -0.39 is 0 Å². The summed E-state index contributed by atoms with van der Waals surface area (Å²) in [6.07, 6.45) is 6.46. The molecule has 0 aliphatic carbocycles. The maximum atomic E-state index is 6.06. The number of alkyl halides is 1. The molecule has 0 nitrogen and oxygen atoms in total. The quantitative estimate of drug-likeness (QED) is 0.459. The normalized spacial score (nSPS) is 13.1. The van der Waals surface area contributed by atoms with E-state index in [9.17, 15) is 0 Å². The predicted octanol–water partition coefficient (Wildman–Crippen LogP) is 5.81. The van der Waals surface area contributed by atoms with Crippen LogP contribution in [-0.2, 0) is 0 Å². The van der Waals surface area contributed by atoms with Crippen molar-refractivity contribution in [2.75, 3.05) is 0 Å². The number of hydrogen-bond acceptors (Lipinski definition) is 1. The van der Waals surface area contributed by atoms with Crippen molar-refractivity contribution in [1.29, 1.82) is 0 Å². The second kappa shape index (κ2) is 6.86. The zero-order valence-corrected chi connectivity index (χ0v) is 11.6. The fraction of sp³-hybridized carbons (Fsp3) is 0.636. The van der Waals surface area contributed by atoms with Crippen LogP contribution < -0.4 is 0 Å². The van der Waals surface area contributed by atoms with Gasteiger partial charge in [-0.25, -0.2) is 0 Å². The van der Waals surface area contributed by atoms with Crippen LogP contribution in [0.25, 0.3) is 0 Å². The van der Waals surface area contributed by atoms with Crippen LogP contribution in [0, 0.1) is 0 Å². The van der Waals surface area contributed by atoms with Gasteiger partial charge in [0.25, 0.3) is 0 Å². The van der Waals surface area contributed by atoms with Crippen molar-refractivity contribution in [3.05, 3.63) is 21.3 Å². The van der Waals surface area contributed by atoms with Crippen molar-refractivity contribution in [3.8, 4) is 0 Å². The van der Waals surface area contributed by atoms with E-state index in [0.29, 0.717) is 4.83 Å².